The topological polar surface area (TPSA) is 74.5 Å². The van der Waals surface area contributed by atoms with Gasteiger partial charge in [-0.15, -0.1) is 0 Å². The van der Waals surface area contributed by atoms with E-state index in [0.717, 1.165) is 6.07 Å². The summed E-state index contributed by atoms with van der Waals surface area (Å²) < 4.78 is 43.9. The van der Waals surface area contributed by atoms with Crippen molar-refractivity contribution in [2.45, 2.75) is 6.10 Å². The molecule has 2 rings (SSSR count). The monoisotopic (exact) mass is 300 g/mol. The van der Waals surface area contributed by atoms with Gasteiger partial charge in [-0.05, 0) is 24.3 Å². The zero-order chi connectivity index (χ0) is 15.4. The Morgan fingerprint density at radius 3 is 2.67 bits per heavy atom. The first kappa shape index (κ1) is 14.9. The standard InChI is InChI=1S/C13H11F3N2O3/c14-7-3-4-8(12(16)11(7)15)18-13(20)17-6-9(19)10-2-1-5-21-10/h1-5,9,19H,6H2,(H2,17,18,20). The number of carbonyl (C=O) groups excluding carboxylic acids is 1. The number of carbonyl (C=O) groups is 1. The van der Waals surface area contributed by atoms with Gasteiger partial charge in [0.25, 0.3) is 0 Å². The Morgan fingerprint density at radius 1 is 1.24 bits per heavy atom. The second-order valence-corrected chi connectivity index (χ2v) is 4.09. The van der Waals surface area contributed by atoms with Crippen LogP contribution in [0.1, 0.15) is 11.9 Å². The van der Waals surface area contributed by atoms with E-state index in [1.165, 1.54) is 12.3 Å². The highest BCUT2D eigenvalue weighted by Gasteiger charge is 2.16. The molecule has 0 saturated carbocycles. The molecule has 1 atom stereocenters. The lowest BCUT2D eigenvalue weighted by Gasteiger charge is -2.11. The lowest BCUT2D eigenvalue weighted by Crippen LogP contribution is -2.32. The fourth-order valence-corrected chi connectivity index (χ4v) is 1.56. The zero-order valence-electron chi connectivity index (χ0n) is 10.6. The largest absolute Gasteiger partial charge is 0.467 e. The van der Waals surface area contributed by atoms with Crippen LogP contribution in [0.25, 0.3) is 0 Å². The summed E-state index contributed by atoms with van der Waals surface area (Å²) in [6, 6.07) is 3.77. The van der Waals surface area contributed by atoms with Crippen LogP contribution in [0.15, 0.2) is 34.9 Å². The molecule has 2 aromatic rings. The molecule has 5 nitrogen and oxygen atoms in total. The molecule has 8 heteroatoms. The lowest BCUT2D eigenvalue weighted by atomic mass is 10.2. The number of nitrogens with one attached hydrogen (secondary N) is 2. The summed E-state index contributed by atoms with van der Waals surface area (Å²) in [6.45, 7) is -0.204. The number of halogens is 3. The summed E-state index contributed by atoms with van der Waals surface area (Å²) in [5.74, 6) is -4.29. The summed E-state index contributed by atoms with van der Waals surface area (Å²) in [7, 11) is 0. The van der Waals surface area contributed by atoms with Crippen LogP contribution in [0.2, 0.25) is 0 Å². The maximum atomic E-state index is 13.3. The second-order valence-electron chi connectivity index (χ2n) is 4.09. The SMILES string of the molecule is O=C(NCC(O)c1ccco1)Nc1ccc(F)c(F)c1F. The number of hydrogen-bond donors (Lipinski definition) is 3. The molecule has 0 bridgehead atoms. The molecule has 1 heterocycles. The fourth-order valence-electron chi connectivity index (χ4n) is 1.56. The predicted molar refractivity (Wildman–Crippen MR) is 67.0 cm³/mol. The molecule has 21 heavy (non-hydrogen) atoms. The van der Waals surface area contributed by atoms with Gasteiger partial charge < -0.3 is 20.2 Å². The minimum atomic E-state index is -1.68. The van der Waals surface area contributed by atoms with Crippen molar-refractivity contribution in [1.29, 1.82) is 0 Å². The Labute approximate surface area is 117 Å². The van der Waals surface area contributed by atoms with E-state index in [1.54, 1.807) is 6.07 Å². The Balaban J connectivity index is 1.92. The van der Waals surface area contributed by atoms with Crippen molar-refractivity contribution in [3.05, 3.63) is 53.7 Å². The lowest BCUT2D eigenvalue weighted by molar-refractivity contribution is 0.149. The van der Waals surface area contributed by atoms with Gasteiger partial charge in [0.15, 0.2) is 17.5 Å². The van der Waals surface area contributed by atoms with E-state index < -0.39 is 35.3 Å². The van der Waals surface area contributed by atoms with Crippen LogP contribution in [0, 0.1) is 17.5 Å². The summed E-state index contributed by atoms with van der Waals surface area (Å²) in [5, 5.41) is 13.9. The van der Waals surface area contributed by atoms with E-state index in [-0.39, 0.29) is 12.3 Å². The highest BCUT2D eigenvalue weighted by molar-refractivity contribution is 5.89. The minimum Gasteiger partial charge on any atom is -0.467 e. The molecule has 0 aliphatic heterocycles. The highest BCUT2D eigenvalue weighted by Crippen LogP contribution is 2.19. The Bertz CT molecular complexity index is 632. The van der Waals surface area contributed by atoms with E-state index in [1.807, 2.05) is 5.32 Å². The number of aliphatic hydroxyl groups excluding tert-OH is 1. The number of amides is 2. The summed E-state index contributed by atoms with van der Waals surface area (Å²) in [6.07, 6.45) is 0.274. The van der Waals surface area contributed by atoms with Gasteiger partial charge in [0.05, 0.1) is 18.5 Å². The van der Waals surface area contributed by atoms with Gasteiger partial charge >= 0.3 is 6.03 Å². The van der Waals surface area contributed by atoms with Crippen molar-refractivity contribution in [2.75, 3.05) is 11.9 Å². The van der Waals surface area contributed by atoms with Gasteiger partial charge in [-0.1, -0.05) is 0 Å². The van der Waals surface area contributed by atoms with Crippen molar-refractivity contribution < 1.29 is 27.5 Å². The van der Waals surface area contributed by atoms with Crippen molar-refractivity contribution in [3.8, 4) is 0 Å². The molecule has 3 N–H and O–H groups in total. The number of furan rings is 1. The second kappa shape index (κ2) is 6.31. The normalized spacial score (nSPS) is 12.0. The minimum absolute atomic E-state index is 0.204. The molecule has 0 fully saturated rings. The summed E-state index contributed by atoms with van der Waals surface area (Å²) >= 11 is 0. The third-order valence-electron chi connectivity index (χ3n) is 2.61. The van der Waals surface area contributed by atoms with Crippen LogP contribution in [-0.4, -0.2) is 17.7 Å². The van der Waals surface area contributed by atoms with E-state index in [2.05, 4.69) is 5.32 Å². The van der Waals surface area contributed by atoms with Gasteiger partial charge in [-0.2, -0.15) is 0 Å². The number of urea groups is 1. The van der Waals surface area contributed by atoms with Crippen LogP contribution in [0.5, 0.6) is 0 Å². The van der Waals surface area contributed by atoms with Gasteiger partial charge in [-0.3, -0.25) is 0 Å². The number of benzene rings is 1. The van der Waals surface area contributed by atoms with Crippen molar-refractivity contribution >= 4 is 11.7 Å². The summed E-state index contributed by atoms with van der Waals surface area (Å²) in [5.41, 5.74) is -0.515. The summed E-state index contributed by atoms with van der Waals surface area (Å²) in [4.78, 5) is 11.5. The molecule has 0 saturated heterocycles. The van der Waals surface area contributed by atoms with E-state index in [4.69, 9.17) is 4.42 Å². The van der Waals surface area contributed by atoms with E-state index >= 15 is 0 Å². The van der Waals surface area contributed by atoms with Crippen molar-refractivity contribution in [1.82, 2.24) is 5.32 Å². The number of hydrogen-bond acceptors (Lipinski definition) is 3. The van der Waals surface area contributed by atoms with Crippen LogP contribution in [0.4, 0.5) is 23.7 Å². The van der Waals surface area contributed by atoms with Crippen LogP contribution >= 0.6 is 0 Å². The molecular formula is C13H11F3N2O3. The average Bonchev–Trinajstić information content (AvgIpc) is 3.00. The molecule has 0 aliphatic rings. The molecule has 1 unspecified atom stereocenters. The van der Waals surface area contributed by atoms with Crippen LogP contribution in [-0.2, 0) is 0 Å². The van der Waals surface area contributed by atoms with Gasteiger partial charge in [-0.25, -0.2) is 18.0 Å². The molecule has 1 aromatic carbocycles. The fraction of sp³-hybridized carbons (Fsp3) is 0.154. The quantitative estimate of drug-likeness (QED) is 0.760. The van der Waals surface area contributed by atoms with Crippen molar-refractivity contribution in [2.24, 2.45) is 0 Å². The average molecular weight is 300 g/mol. The smallest absolute Gasteiger partial charge is 0.319 e. The zero-order valence-corrected chi connectivity index (χ0v) is 10.6. The van der Waals surface area contributed by atoms with Crippen LogP contribution < -0.4 is 10.6 Å². The maximum Gasteiger partial charge on any atom is 0.319 e. The Hall–Kier alpha value is -2.48. The number of aliphatic hydroxyl groups is 1. The first-order valence-electron chi connectivity index (χ1n) is 5.89. The van der Waals surface area contributed by atoms with E-state index in [9.17, 15) is 23.1 Å². The number of rotatable bonds is 4. The molecule has 0 aliphatic carbocycles. The van der Waals surface area contributed by atoms with Gasteiger partial charge in [0.1, 0.15) is 11.9 Å². The predicted octanol–water partition coefficient (Wildman–Crippen LogP) is 2.55. The van der Waals surface area contributed by atoms with Gasteiger partial charge in [0, 0.05) is 0 Å². The van der Waals surface area contributed by atoms with Gasteiger partial charge in [0.2, 0.25) is 0 Å². The van der Waals surface area contributed by atoms with E-state index in [0.29, 0.717) is 6.07 Å². The third kappa shape index (κ3) is 3.54. The Kier molecular flexibility index (Phi) is 4.49. The Morgan fingerprint density at radius 2 is 2.00 bits per heavy atom. The molecular weight excluding hydrogens is 289 g/mol. The van der Waals surface area contributed by atoms with Crippen LogP contribution in [0.3, 0.4) is 0 Å². The highest BCUT2D eigenvalue weighted by atomic mass is 19.2. The molecule has 2 amide bonds. The first-order valence-corrected chi connectivity index (χ1v) is 5.89. The maximum absolute atomic E-state index is 13.3. The molecule has 0 radical (unpaired) electrons. The van der Waals surface area contributed by atoms with Crippen molar-refractivity contribution in [3.63, 3.8) is 0 Å². The molecule has 112 valence electrons. The first-order chi connectivity index (χ1) is 9.99. The third-order valence-corrected chi connectivity index (χ3v) is 2.61. The molecule has 1 aromatic heterocycles. The molecule has 0 spiro atoms. The number of anilines is 1.